The Kier molecular flexibility index (Phi) is 4.06. The predicted octanol–water partition coefficient (Wildman–Crippen LogP) is 3.27. The van der Waals surface area contributed by atoms with Gasteiger partial charge in [-0.05, 0) is 23.3 Å². The number of halogens is 1. The Hall–Kier alpha value is -1.35. The van der Waals surface area contributed by atoms with Gasteiger partial charge < -0.3 is 5.73 Å². The van der Waals surface area contributed by atoms with Crippen molar-refractivity contribution < 1.29 is 0 Å². The van der Waals surface area contributed by atoms with Gasteiger partial charge >= 0.3 is 0 Å². The van der Waals surface area contributed by atoms with Gasteiger partial charge in [0.1, 0.15) is 0 Å². The van der Waals surface area contributed by atoms with Crippen LogP contribution in [0, 0.1) is 0 Å². The minimum atomic E-state index is 0.194. The fourth-order valence-corrected chi connectivity index (χ4v) is 3.07. The third-order valence-corrected chi connectivity index (χ3v) is 4.24. The van der Waals surface area contributed by atoms with E-state index in [1.165, 1.54) is 11.1 Å². The van der Waals surface area contributed by atoms with Crippen LogP contribution in [0.1, 0.15) is 17.0 Å². The Bertz CT molecular complexity index is 553. The highest BCUT2D eigenvalue weighted by molar-refractivity contribution is 6.30. The highest BCUT2D eigenvalue weighted by Gasteiger charge is 2.30. The Labute approximate surface area is 125 Å². The van der Waals surface area contributed by atoms with E-state index in [1.807, 2.05) is 12.1 Å². The molecule has 0 radical (unpaired) electrons. The van der Waals surface area contributed by atoms with E-state index in [9.17, 15) is 0 Å². The average Bonchev–Trinajstić information content (AvgIpc) is 2.81. The molecule has 1 saturated heterocycles. The van der Waals surface area contributed by atoms with Gasteiger partial charge in [0.2, 0.25) is 0 Å². The van der Waals surface area contributed by atoms with Crippen LogP contribution in [0.25, 0.3) is 0 Å². The molecule has 2 nitrogen and oxygen atoms in total. The summed E-state index contributed by atoms with van der Waals surface area (Å²) in [6.45, 7) is 2.93. The first-order valence-corrected chi connectivity index (χ1v) is 7.37. The average molecular weight is 287 g/mol. The lowest BCUT2D eigenvalue weighted by Gasteiger charge is -2.16. The number of nitrogens with zero attached hydrogens (tertiary/aromatic N) is 1. The molecule has 1 heterocycles. The molecular formula is C17H19ClN2. The molecule has 1 aliphatic rings. The summed E-state index contributed by atoms with van der Waals surface area (Å²) in [5.74, 6) is 0.399. The summed E-state index contributed by atoms with van der Waals surface area (Å²) in [6.07, 6.45) is 0. The van der Waals surface area contributed by atoms with Crippen LogP contribution in [0.2, 0.25) is 5.02 Å². The summed E-state index contributed by atoms with van der Waals surface area (Å²) in [5, 5.41) is 0.779. The van der Waals surface area contributed by atoms with Crippen molar-refractivity contribution in [2.45, 2.75) is 18.5 Å². The van der Waals surface area contributed by atoms with Gasteiger partial charge in [0.15, 0.2) is 0 Å². The maximum atomic E-state index is 6.32. The fraction of sp³-hybridized carbons (Fsp3) is 0.294. The van der Waals surface area contributed by atoms with Crippen molar-refractivity contribution in [3.8, 4) is 0 Å². The second kappa shape index (κ2) is 5.96. The van der Waals surface area contributed by atoms with Crippen molar-refractivity contribution in [2.75, 3.05) is 13.1 Å². The molecule has 104 valence electrons. The summed E-state index contributed by atoms with van der Waals surface area (Å²) < 4.78 is 0. The van der Waals surface area contributed by atoms with Gasteiger partial charge in [-0.15, -0.1) is 0 Å². The molecule has 0 unspecified atom stereocenters. The van der Waals surface area contributed by atoms with Gasteiger partial charge in [0.25, 0.3) is 0 Å². The molecule has 1 fully saturated rings. The second-order valence-electron chi connectivity index (χ2n) is 5.50. The summed E-state index contributed by atoms with van der Waals surface area (Å²) in [6, 6.07) is 18.8. The lowest BCUT2D eigenvalue weighted by Crippen LogP contribution is -2.28. The number of benzene rings is 2. The SMILES string of the molecule is N[C@H]1CN(Cc2ccccc2)C[C@@H]1c1ccc(Cl)cc1. The smallest absolute Gasteiger partial charge is 0.0406 e. The molecule has 0 saturated carbocycles. The first kappa shape index (κ1) is 13.6. The largest absolute Gasteiger partial charge is 0.326 e. The van der Waals surface area contributed by atoms with Crippen LogP contribution in [0.4, 0.5) is 0 Å². The molecule has 2 atom stereocenters. The zero-order valence-corrected chi connectivity index (χ0v) is 12.1. The first-order valence-electron chi connectivity index (χ1n) is 7.00. The Morgan fingerprint density at radius 2 is 1.70 bits per heavy atom. The standard InChI is InChI=1S/C17H19ClN2/c18-15-8-6-14(7-9-15)16-11-20(12-17(16)19)10-13-4-2-1-3-5-13/h1-9,16-17H,10-12,19H2/t16-,17+/m1/s1. The Morgan fingerprint density at radius 1 is 1.00 bits per heavy atom. The summed E-state index contributed by atoms with van der Waals surface area (Å²) >= 11 is 5.95. The van der Waals surface area contributed by atoms with Crippen LogP contribution in [0.5, 0.6) is 0 Å². The van der Waals surface area contributed by atoms with E-state index in [4.69, 9.17) is 17.3 Å². The molecule has 2 aromatic carbocycles. The Morgan fingerprint density at radius 3 is 2.40 bits per heavy atom. The topological polar surface area (TPSA) is 29.3 Å². The van der Waals surface area contributed by atoms with Crippen molar-refractivity contribution >= 4 is 11.6 Å². The quantitative estimate of drug-likeness (QED) is 0.938. The second-order valence-corrected chi connectivity index (χ2v) is 5.94. The lowest BCUT2D eigenvalue weighted by atomic mass is 9.95. The van der Waals surface area contributed by atoms with Crippen LogP contribution >= 0.6 is 11.6 Å². The van der Waals surface area contributed by atoms with Crippen molar-refractivity contribution in [1.29, 1.82) is 0 Å². The van der Waals surface area contributed by atoms with Gasteiger partial charge in [-0.3, -0.25) is 4.90 Å². The number of hydrogen-bond acceptors (Lipinski definition) is 2. The molecule has 3 heteroatoms. The molecule has 0 amide bonds. The van der Waals surface area contributed by atoms with E-state index in [-0.39, 0.29) is 6.04 Å². The highest BCUT2D eigenvalue weighted by atomic mass is 35.5. The third kappa shape index (κ3) is 3.04. The predicted molar refractivity (Wildman–Crippen MR) is 83.9 cm³/mol. The molecular weight excluding hydrogens is 268 g/mol. The molecule has 2 aromatic rings. The summed E-state index contributed by atoms with van der Waals surface area (Å²) in [7, 11) is 0. The summed E-state index contributed by atoms with van der Waals surface area (Å²) in [4.78, 5) is 2.43. The zero-order chi connectivity index (χ0) is 13.9. The van der Waals surface area contributed by atoms with Gasteiger partial charge in [-0.2, -0.15) is 0 Å². The van der Waals surface area contributed by atoms with Crippen molar-refractivity contribution in [2.24, 2.45) is 5.73 Å². The first-order chi connectivity index (χ1) is 9.72. The molecule has 2 N–H and O–H groups in total. The maximum Gasteiger partial charge on any atom is 0.0406 e. The molecule has 0 aliphatic carbocycles. The number of nitrogens with two attached hydrogens (primary N) is 1. The van der Waals surface area contributed by atoms with E-state index in [0.717, 1.165) is 24.7 Å². The molecule has 0 aromatic heterocycles. The van der Waals surface area contributed by atoms with E-state index in [2.05, 4.69) is 47.4 Å². The highest BCUT2D eigenvalue weighted by Crippen LogP contribution is 2.28. The maximum absolute atomic E-state index is 6.32. The number of hydrogen-bond donors (Lipinski definition) is 1. The van der Waals surface area contributed by atoms with Crippen molar-refractivity contribution in [3.05, 3.63) is 70.7 Å². The molecule has 0 spiro atoms. The van der Waals surface area contributed by atoms with Crippen LogP contribution in [0.15, 0.2) is 54.6 Å². The molecule has 3 rings (SSSR count). The molecule has 1 aliphatic heterocycles. The fourth-order valence-electron chi connectivity index (χ4n) is 2.95. The van der Waals surface area contributed by atoms with E-state index in [1.54, 1.807) is 0 Å². The normalized spacial score (nSPS) is 23.1. The molecule has 20 heavy (non-hydrogen) atoms. The number of likely N-dealkylation sites (tertiary alicyclic amines) is 1. The molecule has 0 bridgehead atoms. The van der Waals surface area contributed by atoms with Crippen LogP contribution < -0.4 is 5.73 Å². The van der Waals surface area contributed by atoms with Crippen LogP contribution in [-0.4, -0.2) is 24.0 Å². The van der Waals surface area contributed by atoms with E-state index >= 15 is 0 Å². The third-order valence-electron chi connectivity index (χ3n) is 3.99. The van der Waals surface area contributed by atoms with Crippen LogP contribution in [-0.2, 0) is 6.54 Å². The van der Waals surface area contributed by atoms with Gasteiger partial charge in [-0.25, -0.2) is 0 Å². The summed E-state index contributed by atoms with van der Waals surface area (Å²) in [5.41, 5.74) is 8.95. The van der Waals surface area contributed by atoms with Gasteiger partial charge in [0.05, 0.1) is 0 Å². The zero-order valence-electron chi connectivity index (χ0n) is 11.4. The van der Waals surface area contributed by atoms with E-state index < -0.39 is 0 Å². The lowest BCUT2D eigenvalue weighted by molar-refractivity contribution is 0.324. The van der Waals surface area contributed by atoms with Gasteiger partial charge in [-0.1, -0.05) is 54.1 Å². The van der Waals surface area contributed by atoms with E-state index in [0.29, 0.717) is 5.92 Å². The van der Waals surface area contributed by atoms with Crippen LogP contribution in [0.3, 0.4) is 0 Å². The number of rotatable bonds is 3. The monoisotopic (exact) mass is 286 g/mol. The van der Waals surface area contributed by atoms with Crippen molar-refractivity contribution in [1.82, 2.24) is 4.90 Å². The Balaban J connectivity index is 1.69. The minimum absolute atomic E-state index is 0.194. The van der Waals surface area contributed by atoms with Crippen molar-refractivity contribution in [3.63, 3.8) is 0 Å². The minimum Gasteiger partial charge on any atom is -0.326 e. The van der Waals surface area contributed by atoms with Gasteiger partial charge in [0, 0.05) is 36.6 Å².